The van der Waals surface area contributed by atoms with Gasteiger partial charge in [0.25, 0.3) is 0 Å². The van der Waals surface area contributed by atoms with Crippen LogP contribution in [0.5, 0.6) is 0 Å². The van der Waals surface area contributed by atoms with E-state index in [1.165, 1.54) is 6.92 Å². The first kappa shape index (κ1) is 13.0. The molecule has 19 heavy (non-hydrogen) atoms. The van der Waals surface area contributed by atoms with Crippen LogP contribution < -0.4 is 0 Å². The minimum absolute atomic E-state index is 0.0334. The Hall–Kier alpha value is -2.42. The molecule has 0 spiro atoms. The maximum absolute atomic E-state index is 11.3. The highest BCUT2D eigenvalue weighted by Crippen LogP contribution is 2.09. The summed E-state index contributed by atoms with van der Waals surface area (Å²) < 4.78 is 1.77. The molecule has 0 aliphatic heterocycles. The number of allylic oxidation sites excluding steroid dienone is 1. The molecule has 2 aromatic rings. The maximum Gasteiger partial charge on any atom is 0.166 e. The predicted molar refractivity (Wildman–Crippen MR) is 75.3 cm³/mol. The van der Waals surface area contributed by atoms with Crippen LogP contribution in [0.3, 0.4) is 0 Å². The highest BCUT2D eigenvalue weighted by molar-refractivity contribution is 5.95. The van der Waals surface area contributed by atoms with E-state index < -0.39 is 0 Å². The molecule has 0 N–H and O–H groups in total. The minimum Gasteiger partial charge on any atom is -0.341 e. The summed E-state index contributed by atoms with van der Waals surface area (Å²) in [6.07, 6.45) is 6.43. The second kappa shape index (κ2) is 5.96. The van der Waals surface area contributed by atoms with Gasteiger partial charge in [-0.15, -0.1) is 0 Å². The van der Waals surface area contributed by atoms with Gasteiger partial charge in [0.05, 0.1) is 5.69 Å². The molecule has 1 heterocycles. The van der Waals surface area contributed by atoms with Gasteiger partial charge in [0.1, 0.15) is 0 Å². The Morgan fingerprint density at radius 1 is 1.26 bits per heavy atom. The van der Waals surface area contributed by atoms with Crippen molar-refractivity contribution in [1.29, 1.82) is 0 Å². The van der Waals surface area contributed by atoms with Crippen LogP contribution in [0.25, 0.3) is 6.08 Å². The molecule has 0 aliphatic rings. The number of aldehydes is 1. The van der Waals surface area contributed by atoms with Crippen LogP contribution in [0, 0.1) is 0 Å². The average Bonchev–Trinajstić information content (AvgIpc) is 2.83. The molecule has 0 unspecified atom stereocenters. The Balaban J connectivity index is 2.13. The lowest BCUT2D eigenvalue weighted by Gasteiger charge is -2.00. The third-order valence-corrected chi connectivity index (χ3v) is 2.87. The van der Waals surface area contributed by atoms with Crippen LogP contribution in [-0.2, 0) is 6.54 Å². The lowest BCUT2D eigenvalue weighted by molar-refractivity contribution is 0.101. The number of benzene rings is 1. The number of nitrogens with zero attached hydrogens (tertiary/aromatic N) is 1. The van der Waals surface area contributed by atoms with Crippen LogP contribution in [0.15, 0.2) is 48.7 Å². The molecule has 3 heteroatoms. The summed E-state index contributed by atoms with van der Waals surface area (Å²) in [6, 6.07) is 11.5. The molecule has 0 fully saturated rings. The Morgan fingerprint density at radius 2 is 2.00 bits per heavy atom. The van der Waals surface area contributed by atoms with E-state index in [0.29, 0.717) is 17.8 Å². The smallest absolute Gasteiger partial charge is 0.166 e. The van der Waals surface area contributed by atoms with Crippen molar-refractivity contribution in [3.05, 3.63) is 65.5 Å². The van der Waals surface area contributed by atoms with Gasteiger partial charge >= 0.3 is 0 Å². The van der Waals surface area contributed by atoms with Gasteiger partial charge in [0.15, 0.2) is 12.1 Å². The second-order valence-corrected chi connectivity index (χ2v) is 4.29. The molecule has 3 nitrogen and oxygen atoms in total. The van der Waals surface area contributed by atoms with Crippen LogP contribution in [0.2, 0.25) is 0 Å². The fourth-order valence-electron chi connectivity index (χ4n) is 1.84. The molecule has 0 amide bonds. The van der Waals surface area contributed by atoms with Gasteiger partial charge in [-0.05, 0) is 18.6 Å². The zero-order valence-corrected chi connectivity index (χ0v) is 10.7. The summed E-state index contributed by atoms with van der Waals surface area (Å²) in [4.78, 5) is 22.2. The van der Waals surface area contributed by atoms with E-state index in [1.807, 2.05) is 42.5 Å². The Kier molecular flexibility index (Phi) is 4.08. The van der Waals surface area contributed by atoms with E-state index in [-0.39, 0.29) is 5.78 Å². The van der Waals surface area contributed by atoms with Crippen molar-refractivity contribution >= 4 is 18.1 Å². The van der Waals surface area contributed by atoms with Crippen molar-refractivity contribution in [1.82, 2.24) is 4.57 Å². The van der Waals surface area contributed by atoms with Crippen molar-refractivity contribution in [3.63, 3.8) is 0 Å². The van der Waals surface area contributed by atoms with E-state index in [0.717, 1.165) is 11.8 Å². The lowest BCUT2D eigenvalue weighted by Crippen LogP contribution is -1.98. The first-order chi connectivity index (χ1) is 9.20. The Labute approximate surface area is 112 Å². The fourth-order valence-corrected chi connectivity index (χ4v) is 1.84. The third-order valence-electron chi connectivity index (χ3n) is 2.87. The van der Waals surface area contributed by atoms with E-state index in [4.69, 9.17) is 0 Å². The molecular formula is C16H15NO2. The number of aromatic nitrogens is 1. The second-order valence-electron chi connectivity index (χ2n) is 4.29. The number of rotatable bonds is 5. The molecule has 0 aliphatic carbocycles. The monoisotopic (exact) mass is 253 g/mol. The van der Waals surface area contributed by atoms with Crippen molar-refractivity contribution in [3.8, 4) is 0 Å². The average molecular weight is 253 g/mol. The van der Waals surface area contributed by atoms with Crippen molar-refractivity contribution in [2.24, 2.45) is 0 Å². The summed E-state index contributed by atoms with van der Waals surface area (Å²) in [7, 11) is 0. The van der Waals surface area contributed by atoms with E-state index in [1.54, 1.807) is 16.8 Å². The zero-order chi connectivity index (χ0) is 13.7. The zero-order valence-electron chi connectivity index (χ0n) is 10.7. The van der Waals surface area contributed by atoms with Crippen molar-refractivity contribution < 1.29 is 9.59 Å². The molecular weight excluding hydrogens is 238 g/mol. The summed E-state index contributed by atoms with van der Waals surface area (Å²) in [5.41, 5.74) is 2.19. The molecule has 0 radical (unpaired) electrons. The summed E-state index contributed by atoms with van der Waals surface area (Å²) >= 11 is 0. The van der Waals surface area contributed by atoms with Crippen LogP contribution in [0.4, 0.5) is 0 Å². The van der Waals surface area contributed by atoms with Gasteiger partial charge in [-0.2, -0.15) is 0 Å². The van der Waals surface area contributed by atoms with Crippen molar-refractivity contribution in [2.45, 2.75) is 13.5 Å². The number of carbonyl (C=O) groups is 2. The van der Waals surface area contributed by atoms with E-state index in [2.05, 4.69) is 0 Å². The van der Waals surface area contributed by atoms with Crippen LogP contribution in [0.1, 0.15) is 33.3 Å². The molecule has 0 saturated heterocycles. The number of hydrogen-bond acceptors (Lipinski definition) is 2. The fraction of sp³-hybridized carbons (Fsp3) is 0.125. The summed E-state index contributed by atoms with van der Waals surface area (Å²) in [5.74, 6) is -0.0334. The SMILES string of the molecule is CC(=O)c1cc(C=O)n(C/C=C/c2ccccc2)c1. The van der Waals surface area contributed by atoms with Gasteiger partial charge in [-0.1, -0.05) is 42.5 Å². The standard InChI is InChI=1S/C16H15NO2/c1-13(19)15-10-16(12-18)17(11-15)9-5-8-14-6-3-2-4-7-14/h2-8,10-12H,9H2,1H3/b8-5+. The molecule has 2 rings (SSSR count). The first-order valence-corrected chi connectivity index (χ1v) is 6.08. The third kappa shape index (κ3) is 3.28. The summed E-state index contributed by atoms with van der Waals surface area (Å²) in [5, 5.41) is 0. The minimum atomic E-state index is -0.0334. The van der Waals surface area contributed by atoms with Gasteiger partial charge in [0.2, 0.25) is 0 Å². The quantitative estimate of drug-likeness (QED) is 0.606. The molecule has 96 valence electrons. The van der Waals surface area contributed by atoms with Gasteiger partial charge in [-0.25, -0.2) is 0 Å². The van der Waals surface area contributed by atoms with E-state index >= 15 is 0 Å². The maximum atomic E-state index is 11.3. The molecule has 1 aromatic carbocycles. The van der Waals surface area contributed by atoms with Gasteiger partial charge in [-0.3, -0.25) is 9.59 Å². The molecule has 1 aromatic heterocycles. The number of hydrogen-bond donors (Lipinski definition) is 0. The topological polar surface area (TPSA) is 39.1 Å². The lowest BCUT2D eigenvalue weighted by atomic mass is 10.2. The van der Waals surface area contributed by atoms with Crippen molar-refractivity contribution in [2.75, 3.05) is 0 Å². The highest BCUT2D eigenvalue weighted by Gasteiger charge is 2.06. The Morgan fingerprint density at radius 3 is 2.63 bits per heavy atom. The molecule has 0 atom stereocenters. The largest absolute Gasteiger partial charge is 0.341 e. The number of ketones is 1. The normalized spacial score (nSPS) is 10.8. The molecule has 0 bridgehead atoms. The van der Waals surface area contributed by atoms with E-state index in [9.17, 15) is 9.59 Å². The molecule has 0 saturated carbocycles. The predicted octanol–water partition coefficient (Wildman–Crippen LogP) is 3.22. The van der Waals surface area contributed by atoms with Crippen LogP contribution >= 0.6 is 0 Å². The number of carbonyl (C=O) groups excluding carboxylic acids is 2. The number of Topliss-reactive ketones (excluding diaryl/α,β-unsaturated/α-hetero) is 1. The first-order valence-electron chi connectivity index (χ1n) is 6.08. The van der Waals surface area contributed by atoms with Gasteiger partial charge in [0, 0.05) is 18.3 Å². The van der Waals surface area contributed by atoms with Crippen LogP contribution in [-0.4, -0.2) is 16.6 Å². The highest BCUT2D eigenvalue weighted by atomic mass is 16.1. The Bertz CT molecular complexity index is 609. The summed E-state index contributed by atoms with van der Waals surface area (Å²) in [6.45, 7) is 2.06. The van der Waals surface area contributed by atoms with Gasteiger partial charge < -0.3 is 4.57 Å².